The number of ether oxygens (including phenoxy) is 1. The quantitative estimate of drug-likeness (QED) is 0.432. The standard InChI is InChI=1S/C20H19BFNO7S/c1-31-10-15(24)23-20(11-29-19(27)12-5-3-2-4-6-12)9-13-7-8-14(22)16(18(25)26)17(13)30-21(20)28/h2-8,28H,9-11H2,1H3,(H,23,24)(H,25,26)/t20-/m1/s1. The van der Waals surface area contributed by atoms with E-state index in [-0.39, 0.29) is 29.1 Å². The van der Waals surface area contributed by atoms with Crippen LogP contribution in [0.3, 0.4) is 0 Å². The zero-order valence-electron chi connectivity index (χ0n) is 16.5. The summed E-state index contributed by atoms with van der Waals surface area (Å²) in [5.41, 5.74) is -1.81. The highest BCUT2D eigenvalue weighted by molar-refractivity contribution is 7.99. The van der Waals surface area contributed by atoms with Crippen molar-refractivity contribution in [1.82, 2.24) is 5.32 Å². The second-order valence-corrected chi connectivity index (χ2v) is 7.81. The lowest BCUT2D eigenvalue weighted by Crippen LogP contribution is -2.68. The van der Waals surface area contributed by atoms with Crippen molar-refractivity contribution in [3.63, 3.8) is 0 Å². The summed E-state index contributed by atoms with van der Waals surface area (Å²) >= 11 is 1.24. The number of benzene rings is 2. The molecule has 1 atom stereocenters. The molecule has 0 unspecified atom stereocenters. The summed E-state index contributed by atoms with van der Waals surface area (Å²) in [5.74, 6) is -3.97. The molecule has 2 aromatic rings. The number of esters is 1. The Labute approximate surface area is 181 Å². The molecule has 0 bridgehead atoms. The van der Waals surface area contributed by atoms with E-state index in [1.807, 2.05) is 0 Å². The molecule has 1 aliphatic heterocycles. The topological polar surface area (TPSA) is 122 Å². The molecule has 31 heavy (non-hydrogen) atoms. The first-order valence-electron chi connectivity index (χ1n) is 9.19. The number of halogens is 1. The zero-order valence-corrected chi connectivity index (χ0v) is 17.3. The molecule has 11 heteroatoms. The van der Waals surface area contributed by atoms with Crippen LogP contribution < -0.4 is 9.97 Å². The van der Waals surface area contributed by atoms with Gasteiger partial charge >= 0.3 is 19.1 Å². The fraction of sp³-hybridized carbons (Fsp3) is 0.250. The maximum Gasteiger partial charge on any atom is 0.554 e. The first-order chi connectivity index (χ1) is 14.8. The second-order valence-electron chi connectivity index (χ2n) is 6.94. The highest BCUT2D eigenvalue weighted by Crippen LogP contribution is 2.36. The number of hydrogen-bond donors (Lipinski definition) is 3. The molecule has 2 aromatic carbocycles. The molecule has 0 fully saturated rings. The Morgan fingerprint density at radius 3 is 2.61 bits per heavy atom. The van der Waals surface area contributed by atoms with Crippen molar-refractivity contribution in [1.29, 1.82) is 0 Å². The summed E-state index contributed by atoms with van der Waals surface area (Å²) in [6.45, 7) is -0.457. The highest BCUT2D eigenvalue weighted by Gasteiger charge is 2.53. The summed E-state index contributed by atoms with van der Waals surface area (Å²) in [6.07, 6.45) is 1.57. The van der Waals surface area contributed by atoms with Crippen molar-refractivity contribution < 1.29 is 38.3 Å². The van der Waals surface area contributed by atoms with E-state index < -0.39 is 48.4 Å². The van der Waals surface area contributed by atoms with Crippen LogP contribution in [0.2, 0.25) is 0 Å². The van der Waals surface area contributed by atoms with Crippen LogP contribution >= 0.6 is 11.8 Å². The van der Waals surface area contributed by atoms with Crippen LogP contribution in [0.4, 0.5) is 4.39 Å². The summed E-state index contributed by atoms with van der Waals surface area (Å²) < 4.78 is 24.7. The Morgan fingerprint density at radius 1 is 1.26 bits per heavy atom. The number of carboxylic acid groups (broad SMARTS) is 1. The first-order valence-corrected chi connectivity index (χ1v) is 10.6. The minimum atomic E-state index is -1.80. The number of hydrogen-bond acceptors (Lipinski definition) is 7. The fourth-order valence-corrected chi connectivity index (χ4v) is 3.62. The minimum Gasteiger partial charge on any atom is -0.534 e. The molecular weight excluding hydrogens is 428 g/mol. The molecule has 8 nitrogen and oxygen atoms in total. The lowest BCUT2D eigenvalue weighted by molar-refractivity contribution is -0.120. The van der Waals surface area contributed by atoms with Gasteiger partial charge in [-0.2, -0.15) is 11.8 Å². The maximum atomic E-state index is 14.0. The number of fused-ring (bicyclic) bond motifs is 1. The Balaban J connectivity index is 1.93. The molecule has 0 saturated heterocycles. The lowest BCUT2D eigenvalue weighted by Gasteiger charge is -2.39. The monoisotopic (exact) mass is 447 g/mol. The fourth-order valence-electron chi connectivity index (χ4n) is 3.29. The third-order valence-corrected chi connectivity index (χ3v) is 5.30. The molecule has 1 aliphatic rings. The van der Waals surface area contributed by atoms with E-state index >= 15 is 0 Å². The average molecular weight is 447 g/mol. The van der Waals surface area contributed by atoms with Gasteiger partial charge in [-0.05, 0) is 30.0 Å². The predicted molar refractivity (Wildman–Crippen MR) is 112 cm³/mol. The molecule has 0 aliphatic carbocycles. The van der Waals surface area contributed by atoms with E-state index in [9.17, 15) is 28.9 Å². The zero-order chi connectivity index (χ0) is 22.6. The predicted octanol–water partition coefficient (Wildman–Crippen LogP) is 1.55. The number of carboxylic acids is 1. The van der Waals surface area contributed by atoms with E-state index in [2.05, 4.69) is 5.32 Å². The molecule has 0 aromatic heterocycles. The van der Waals surface area contributed by atoms with E-state index in [0.717, 1.165) is 6.07 Å². The average Bonchev–Trinajstić information content (AvgIpc) is 2.73. The highest BCUT2D eigenvalue weighted by atomic mass is 32.2. The summed E-state index contributed by atoms with van der Waals surface area (Å²) in [6, 6.07) is 10.4. The van der Waals surface area contributed by atoms with Gasteiger partial charge in [0.1, 0.15) is 29.2 Å². The normalized spacial score (nSPS) is 17.3. The van der Waals surface area contributed by atoms with Gasteiger partial charge in [0.15, 0.2) is 0 Å². The molecule has 3 N–H and O–H groups in total. The van der Waals surface area contributed by atoms with E-state index in [1.54, 1.807) is 36.6 Å². The van der Waals surface area contributed by atoms with Crippen molar-refractivity contribution in [3.8, 4) is 5.75 Å². The van der Waals surface area contributed by atoms with E-state index in [1.165, 1.54) is 17.8 Å². The number of carbonyl (C=O) groups excluding carboxylic acids is 2. The first kappa shape index (κ1) is 22.6. The number of thioether (sulfide) groups is 1. The molecule has 1 amide bonds. The van der Waals surface area contributed by atoms with Gasteiger partial charge in [-0.15, -0.1) is 0 Å². The number of amides is 1. The van der Waals surface area contributed by atoms with Gasteiger partial charge in [-0.25, -0.2) is 14.0 Å². The largest absolute Gasteiger partial charge is 0.554 e. The van der Waals surface area contributed by atoms with Crippen LogP contribution in [0.25, 0.3) is 0 Å². The third-order valence-electron chi connectivity index (χ3n) is 4.74. The van der Waals surface area contributed by atoms with Crippen LogP contribution in [-0.2, 0) is 16.0 Å². The molecule has 0 spiro atoms. The van der Waals surface area contributed by atoms with Gasteiger partial charge in [0.25, 0.3) is 0 Å². The Morgan fingerprint density at radius 2 is 1.97 bits per heavy atom. The third kappa shape index (κ3) is 4.83. The Hall–Kier alpha value is -3.05. The van der Waals surface area contributed by atoms with Crippen molar-refractivity contribution in [2.75, 3.05) is 18.6 Å². The molecule has 3 rings (SSSR count). The van der Waals surface area contributed by atoms with Crippen LogP contribution in [0.5, 0.6) is 5.75 Å². The van der Waals surface area contributed by atoms with Crippen molar-refractivity contribution in [2.24, 2.45) is 0 Å². The van der Waals surface area contributed by atoms with Gasteiger partial charge in [0.2, 0.25) is 5.91 Å². The van der Waals surface area contributed by atoms with E-state index in [4.69, 9.17) is 9.39 Å². The molecule has 0 radical (unpaired) electrons. The lowest BCUT2D eigenvalue weighted by atomic mass is 9.59. The van der Waals surface area contributed by atoms with E-state index in [0.29, 0.717) is 0 Å². The van der Waals surface area contributed by atoms with Crippen LogP contribution in [-0.4, -0.2) is 59.1 Å². The number of aromatic carboxylic acids is 1. The smallest absolute Gasteiger partial charge is 0.534 e. The van der Waals surface area contributed by atoms with Gasteiger partial charge in [0.05, 0.1) is 11.3 Å². The maximum absolute atomic E-state index is 14.0. The summed E-state index contributed by atoms with van der Waals surface area (Å²) in [7, 11) is -1.80. The van der Waals surface area contributed by atoms with Gasteiger partial charge in [-0.3, -0.25) is 4.79 Å². The van der Waals surface area contributed by atoms with Crippen LogP contribution in [0.1, 0.15) is 26.3 Å². The van der Waals surface area contributed by atoms with Crippen molar-refractivity contribution in [2.45, 2.75) is 11.9 Å². The Kier molecular flexibility index (Phi) is 6.86. The molecule has 1 heterocycles. The SMILES string of the molecule is CSCC(=O)N[C@@]1(COC(=O)c2ccccc2)Cc2ccc(F)c(C(=O)O)c2OB1O. The number of rotatable bonds is 7. The summed E-state index contributed by atoms with van der Waals surface area (Å²) in [5, 5.41) is 22.7. The number of nitrogens with one attached hydrogen (secondary N) is 1. The Bertz CT molecular complexity index is 1010. The molecule has 0 saturated carbocycles. The van der Waals surface area contributed by atoms with Crippen LogP contribution in [0, 0.1) is 5.82 Å². The molecule has 162 valence electrons. The van der Waals surface area contributed by atoms with Gasteiger partial charge < -0.3 is 24.8 Å². The van der Waals surface area contributed by atoms with Crippen molar-refractivity contribution >= 4 is 36.7 Å². The summed E-state index contributed by atoms with van der Waals surface area (Å²) in [4.78, 5) is 36.2. The molecular formula is C20H19BFNO7S. The number of carbonyl (C=O) groups is 3. The van der Waals surface area contributed by atoms with Gasteiger partial charge in [0, 0.05) is 6.42 Å². The minimum absolute atomic E-state index is 0.0672. The van der Waals surface area contributed by atoms with Gasteiger partial charge in [-0.1, -0.05) is 24.3 Å². The van der Waals surface area contributed by atoms with Crippen LogP contribution in [0.15, 0.2) is 42.5 Å². The van der Waals surface area contributed by atoms with Crippen molar-refractivity contribution in [3.05, 3.63) is 65.0 Å². The second kappa shape index (κ2) is 9.40.